The zero-order chi connectivity index (χ0) is 90.7. The fraction of sp³-hybridized carbons (Fsp3) is 0.111. The van der Waals surface area contributed by atoms with Crippen LogP contribution in [0.2, 0.25) is 40.2 Å². The van der Waals surface area contributed by atoms with Crippen LogP contribution in [-0.2, 0) is 0 Å². The molecule has 15 rings (SSSR count). The van der Waals surface area contributed by atoms with Gasteiger partial charge in [-0.3, -0.25) is 59.6 Å². The molecule has 644 valence electrons. The SMILES string of the molecule is CN=C(c1ccc(C(=O)Nc2ccc(Cl)cc2C(=O)Nc2ccc(Cl)cn2)cc1)N(C)C.N=C(c1ccc(C(=O)Nc2ccc(Cl)cc2C(=O)Nc2ccc(Cl)cn2)c(F)c1)N1CC1.N=C(c1ccc(C(=O)Nc2ccc(Cl)cc2C(=O)Nc2ccc(Cl)cn2)cc1)N1CC1.N=C(c1ccc(C(=O)Nc2ccc(Cl)cc2C(=O)Nc2ccc(Cl)cn2)cc1)N1CCC1. The first-order chi connectivity index (χ1) is 60.9. The quantitative estimate of drug-likeness (QED) is 0.0192. The third-order valence-electron chi connectivity index (χ3n) is 18.8. The molecule has 4 aromatic heterocycles. The summed E-state index contributed by atoms with van der Waals surface area (Å²) in [6, 6.07) is 55.5. The van der Waals surface area contributed by atoms with Crippen LogP contribution in [-0.4, -0.2) is 171 Å². The normalized spacial score (nSPS) is 12.1. The van der Waals surface area contributed by atoms with E-state index in [2.05, 4.69) is 67.5 Å². The largest absolute Gasteiger partial charge is 0.363 e. The zero-order valence-electron chi connectivity index (χ0n) is 67.2. The van der Waals surface area contributed by atoms with E-state index in [1.165, 1.54) is 79.4 Å². The summed E-state index contributed by atoms with van der Waals surface area (Å²) in [6.07, 6.45) is 6.73. The lowest BCUT2D eigenvalue weighted by atomic mass is 10.1. The van der Waals surface area contributed by atoms with E-state index in [0.29, 0.717) is 104 Å². The molecule has 0 unspecified atom stereocenters. The van der Waals surface area contributed by atoms with Gasteiger partial charge in [0.25, 0.3) is 47.3 Å². The molecule has 28 nitrogen and oxygen atoms in total. The van der Waals surface area contributed by atoms with Crippen molar-refractivity contribution in [2.24, 2.45) is 4.99 Å². The van der Waals surface area contributed by atoms with E-state index in [1.807, 2.05) is 40.9 Å². The number of likely N-dealkylation sites (tertiary alicyclic amines) is 1. The first kappa shape index (κ1) is 92.4. The minimum Gasteiger partial charge on any atom is -0.363 e. The number of amidine groups is 4. The summed E-state index contributed by atoms with van der Waals surface area (Å²) in [6.45, 7) is 5.05. The molecule has 3 aliphatic heterocycles. The highest BCUT2D eigenvalue weighted by Crippen LogP contribution is 2.30. The lowest BCUT2D eigenvalue weighted by Gasteiger charge is -2.33. The summed E-state index contributed by atoms with van der Waals surface area (Å²) in [5.41, 5.74) is 5.54. The van der Waals surface area contributed by atoms with E-state index in [4.69, 9.17) is 109 Å². The number of rotatable bonds is 20. The van der Waals surface area contributed by atoms with Crippen molar-refractivity contribution in [3.63, 3.8) is 0 Å². The number of carbonyl (C=O) groups excluding carboxylic acids is 8. The fourth-order valence-corrected chi connectivity index (χ4v) is 13.1. The van der Waals surface area contributed by atoms with Crippen LogP contribution < -0.4 is 42.5 Å². The molecule has 0 atom stereocenters. The Morgan fingerprint density at radius 2 is 0.559 bits per heavy atom. The van der Waals surface area contributed by atoms with E-state index in [1.54, 1.807) is 151 Å². The number of pyridine rings is 4. The Kier molecular flexibility index (Phi) is 31.1. The van der Waals surface area contributed by atoms with Gasteiger partial charge in [-0.1, -0.05) is 135 Å². The maximum atomic E-state index is 14.6. The Bertz CT molecular complexity index is 6230. The number of nitrogens with zero attached hydrogens (tertiary/aromatic N) is 9. The highest BCUT2D eigenvalue weighted by atomic mass is 35.5. The first-order valence-electron chi connectivity index (χ1n) is 38.3. The number of halogens is 9. The highest BCUT2D eigenvalue weighted by Gasteiger charge is 2.28. The minimum absolute atomic E-state index is 0.0722. The van der Waals surface area contributed by atoms with Gasteiger partial charge in [0, 0.05) is 144 Å². The van der Waals surface area contributed by atoms with Crippen LogP contribution in [0.5, 0.6) is 0 Å². The molecule has 127 heavy (non-hydrogen) atoms. The van der Waals surface area contributed by atoms with Crippen molar-refractivity contribution in [3.05, 3.63) is 350 Å². The lowest BCUT2D eigenvalue weighted by Crippen LogP contribution is -2.42. The molecular formula is C90H73Cl8FN20O8. The van der Waals surface area contributed by atoms with Crippen LogP contribution in [0.15, 0.2) is 242 Å². The van der Waals surface area contributed by atoms with E-state index in [0.717, 1.165) is 74.3 Å². The number of hydrogen-bond acceptors (Lipinski definition) is 16. The lowest BCUT2D eigenvalue weighted by molar-refractivity contribution is 0.100. The molecule has 8 aromatic carbocycles. The Labute approximate surface area is 766 Å². The summed E-state index contributed by atoms with van der Waals surface area (Å²) in [5, 5.41) is 48.8. The highest BCUT2D eigenvalue weighted by molar-refractivity contribution is 6.34. The third-order valence-corrected chi connectivity index (χ3v) is 20.7. The number of amides is 8. The number of nitrogens with one attached hydrogen (secondary N) is 11. The Morgan fingerprint density at radius 1 is 0.307 bits per heavy atom. The van der Waals surface area contributed by atoms with Gasteiger partial charge < -0.3 is 62.1 Å². The Balaban J connectivity index is 0.000000154. The number of aromatic nitrogens is 4. The molecule has 37 heteroatoms. The van der Waals surface area contributed by atoms with Gasteiger partial charge in [-0.25, -0.2) is 24.3 Å². The second kappa shape index (κ2) is 42.8. The van der Waals surface area contributed by atoms with Crippen molar-refractivity contribution in [1.29, 1.82) is 16.2 Å². The summed E-state index contributed by atoms with van der Waals surface area (Å²) in [5.74, 6) is -1.51. The van der Waals surface area contributed by atoms with Crippen LogP contribution in [0, 0.1) is 22.0 Å². The van der Waals surface area contributed by atoms with Gasteiger partial charge in [0.15, 0.2) is 0 Å². The summed E-state index contributed by atoms with van der Waals surface area (Å²) >= 11 is 47.5. The molecule has 0 radical (unpaired) electrons. The molecule has 0 spiro atoms. The Morgan fingerprint density at radius 3 is 0.811 bits per heavy atom. The van der Waals surface area contributed by atoms with Crippen molar-refractivity contribution in [3.8, 4) is 0 Å². The average Bonchev–Trinajstić information content (AvgIpc) is 1.45. The number of benzene rings is 8. The van der Waals surface area contributed by atoms with Crippen molar-refractivity contribution in [1.82, 2.24) is 39.5 Å². The number of aliphatic imine (C=N–C) groups is 1. The first-order valence-corrected chi connectivity index (χ1v) is 41.3. The number of hydrogen-bond donors (Lipinski definition) is 11. The molecular weight excluding hydrogens is 1790 g/mol. The average molecular weight is 1870 g/mol. The van der Waals surface area contributed by atoms with Crippen LogP contribution in [0.1, 0.15) is 112 Å². The number of carbonyl (C=O) groups is 8. The summed E-state index contributed by atoms with van der Waals surface area (Å²) in [7, 11) is 5.51. The van der Waals surface area contributed by atoms with E-state index in [9.17, 15) is 42.7 Å². The summed E-state index contributed by atoms with van der Waals surface area (Å²) < 4.78 is 14.6. The molecule has 0 aliphatic carbocycles. The van der Waals surface area contributed by atoms with Gasteiger partial charge in [0.05, 0.1) is 70.7 Å². The summed E-state index contributed by atoms with van der Waals surface area (Å²) in [4.78, 5) is 130. The second-order valence-electron chi connectivity index (χ2n) is 28.1. The third kappa shape index (κ3) is 25.5. The zero-order valence-corrected chi connectivity index (χ0v) is 73.2. The van der Waals surface area contributed by atoms with E-state index < -0.39 is 35.4 Å². The predicted octanol–water partition coefficient (Wildman–Crippen LogP) is 19.0. The van der Waals surface area contributed by atoms with Crippen LogP contribution >= 0.6 is 92.8 Å². The molecule has 12 aromatic rings. The van der Waals surface area contributed by atoms with Gasteiger partial charge >= 0.3 is 0 Å². The molecule has 3 saturated heterocycles. The molecule has 7 heterocycles. The van der Waals surface area contributed by atoms with E-state index in [-0.39, 0.29) is 67.9 Å². The van der Waals surface area contributed by atoms with Crippen molar-refractivity contribution >= 4 is 209 Å². The monoisotopic (exact) mass is 1860 g/mol. The van der Waals surface area contributed by atoms with Crippen molar-refractivity contribution < 1.29 is 42.7 Å². The van der Waals surface area contributed by atoms with Crippen molar-refractivity contribution in [2.45, 2.75) is 6.42 Å². The standard InChI is InChI=1S/C23H19Cl2N5O2.C23H21Cl2N5O2.C22H16Cl2FN5O2.C22H17Cl2N5O2/c24-16-6-8-19(18(12-16)23(32)29-20-9-7-17(25)13-27-20)28-22(31)15-4-2-14(3-5-15)21(26)30-10-1-11-30;1-26-21(30(2)3)14-4-6-15(7-5-14)22(31)28-19-10-8-16(24)12-18(19)23(32)29-20-11-9-17(25)13-27-20;23-13-2-5-18(16(10-13)22(32)29-19-6-3-14(24)11-27-19)28-21(31)15-4-1-12(9-17(15)25)20(26)30-7-8-30;23-15-5-7-18(17(11-15)22(31)28-19-8-6-16(24)12-26-19)27-21(30)14-3-1-13(2-4-14)20(25)29-9-10-29/h2-9,12-13,26H,1,10-11H2,(H,28,31)(H,27,29,32);4-13H,1-3H3,(H,28,31)(H,27,29,32);1-6,9-11,26H,7-8H2,(H,28,31)(H,27,29,32);1-8,11-12,25H,9-10H2,(H,27,30)(H,26,28,31). The maximum Gasteiger partial charge on any atom is 0.258 e. The topological polar surface area (TPSA) is 381 Å². The number of anilines is 8. The second-order valence-corrected chi connectivity index (χ2v) is 31.6. The van der Waals surface area contributed by atoms with Crippen molar-refractivity contribution in [2.75, 3.05) is 103 Å². The van der Waals surface area contributed by atoms with Gasteiger partial charge in [-0.15, -0.1) is 0 Å². The van der Waals surface area contributed by atoms with Gasteiger partial charge in [-0.05, 0) is 176 Å². The van der Waals surface area contributed by atoms with Crippen LogP contribution in [0.4, 0.5) is 50.4 Å². The van der Waals surface area contributed by atoms with Gasteiger partial charge in [-0.2, -0.15) is 0 Å². The minimum atomic E-state index is -0.767. The Hall–Kier alpha value is -13.8. The predicted molar refractivity (Wildman–Crippen MR) is 498 cm³/mol. The smallest absolute Gasteiger partial charge is 0.258 e. The molecule has 0 saturated carbocycles. The van der Waals surface area contributed by atoms with Crippen LogP contribution in [0.3, 0.4) is 0 Å². The molecule has 3 fully saturated rings. The van der Waals surface area contributed by atoms with Crippen LogP contribution in [0.25, 0.3) is 0 Å². The molecule has 8 amide bonds. The molecule has 3 aliphatic rings. The van der Waals surface area contributed by atoms with Gasteiger partial charge in [0.1, 0.15) is 52.4 Å². The molecule has 0 bridgehead atoms. The maximum absolute atomic E-state index is 14.6. The van der Waals surface area contributed by atoms with Gasteiger partial charge in [0.2, 0.25) is 0 Å². The molecule has 11 N–H and O–H groups in total. The fourth-order valence-electron chi connectivity index (χ4n) is 12.0. The van der Waals surface area contributed by atoms with E-state index >= 15 is 0 Å².